The zero-order valence-electron chi connectivity index (χ0n) is 9.74. The van der Waals surface area contributed by atoms with Crippen molar-refractivity contribution in [3.8, 4) is 0 Å². The predicted molar refractivity (Wildman–Crippen MR) is 69.3 cm³/mol. The molecule has 18 heavy (non-hydrogen) atoms. The molecular weight excluding hydrogens is 305 g/mol. The second kappa shape index (κ2) is 5.81. The van der Waals surface area contributed by atoms with Crippen LogP contribution < -0.4 is 11.5 Å². The number of hydrogen-bond donors (Lipinski definition) is 2. The highest BCUT2D eigenvalue weighted by Gasteiger charge is 2.20. The normalized spacial score (nSPS) is 10.2. The van der Waals surface area contributed by atoms with Crippen molar-refractivity contribution >= 4 is 33.4 Å². The van der Waals surface area contributed by atoms with Crippen LogP contribution in [0, 0.1) is 5.82 Å². The van der Waals surface area contributed by atoms with Crippen molar-refractivity contribution in [3.05, 3.63) is 28.0 Å². The Morgan fingerprint density at radius 1 is 1.44 bits per heavy atom. The molecule has 0 aliphatic carbocycles. The summed E-state index contributed by atoms with van der Waals surface area (Å²) in [5, 5.41) is 0. The van der Waals surface area contributed by atoms with Gasteiger partial charge in [-0.3, -0.25) is 9.59 Å². The number of benzene rings is 1. The van der Waals surface area contributed by atoms with E-state index in [0.29, 0.717) is 0 Å². The fourth-order valence-corrected chi connectivity index (χ4v) is 1.79. The molecule has 0 spiro atoms. The molecule has 1 aromatic carbocycles. The molecular formula is C11H13BrFN3O2. The number of halogens is 2. The van der Waals surface area contributed by atoms with Crippen molar-refractivity contribution in [3.63, 3.8) is 0 Å². The highest BCUT2D eigenvalue weighted by Crippen LogP contribution is 2.23. The Balaban J connectivity index is 3.09. The number of primary amides is 1. The van der Waals surface area contributed by atoms with Crippen molar-refractivity contribution in [2.45, 2.75) is 6.92 Å². The molecule has 0 saturated carbocycles. The van der Waals surface area contributed by atoms with Crippen molar-refractivity contribution < 1.29 is 14.0 Å². The van der Waals surface area contributed by atoms with Gasteiger partial charge in [-0.1, -0.05) is 0 Å². The van der Waals surface area contributed by atoms with Gasteiger partial charge in [0.05, 0.1) is 16.6 Å². The van der Waals surface area contributed by atoms with E-state index in [4.69, 9.17) is 11.5 Å². The van der Waals surface area contributed by atoms with Crippen molar-refractivity contribution in [1.29, 1.82) is 0 Å². The Morgan fingerprint density at radius 2 is 2.06 bits per heavy atom. The van der Waals surface area contributed by atoms with Crippen LogP contribution in [0.5, 0.6) is 0 Å². The van der Waals surface area contributed by atoms with Crippen molar-refractivity contribution in [2.24, 2.45) is 5.73 Å². The van der Waals surface area contributed by atoms with Crippen LogP contribution in [0.25, 0.3) is 0 Å². The molecule has 0 saturated heterocycles. The number of nitrogen functional groups attached to an aromatic ring is 1. The molecule has 4 N–H and O–H groups in total. The van der Waals surface area contributed by atoms with Gasteiger partial charge in [-0.25, -0.2) is 4.39 Å². The summed E-state index contributed by atoms with van der Waals surface area (Å²) in [6.07, 6.45) is 0. The van der Waals surface area contributed by atoms with Crippen LogP contribution in [0.2, 0.25) is 0 Å². The number of rotatable bonds is 4. The highest BCUT2D eigenvalue weighted by atomic mass is 79.9. The number of carbonyl (C=O) groups excluding carboxylic acids is 2. The monoisotopic (exact) mass is 317 g/mol. The van der Waals surface area contributed by atoms with E-state index in [1.165, 1.54) is 11.0 Å². The first-order chi connectivity index (χ1) is 8.36. The van der Waals surface area contributed by atoms with Crippen LogP contribution in [0.4, 0.5) is 10.1 Å². The maximum atomic E-state index is 13.4. The van der Waals surface area contributed by atoms with Crippen LogP contribution in [-0.4, -0.2) is 29.8 Å². The molecule has 0 heterocycles. The average molecular weight is 318 g/mol. The lowest BCUT2D eigenvalue weighted by atomic mass is 10.1. The second-order valence-corrected chi connectivity index (χ2v) is 4.49. The van der Waals surface area contributed by atoms with E-state index in [1.807, 2.05) is 0 Å². The zero-order chi connectivity index (χ0) is 13.9. The molecule has 2 amide bonds. The average Bonchev–Trinajstić information content (AvgIpc) is 2.29. The molecule has 7 heteroatoms. The molecule has 0 bridgehead atoms. The largest absolute Gasteiger partial charge is 0.398 e. The van der Waals surface area contributed by atoms with Gasteiger partial charge in [0, 0.05) is 12.2 Å². The number of hydrogen-bond acceptors (Lipinski definition) is 3. The molecule has 0 radical (unpaired) electrons. The first kappa shape index (κ1) is 14.4. The molecule has 0 fully saturated rings. The maximum Gasteiger partial charge on any atom is 0.256 e. The van der Waals surface area contributed by atoms with Gasteiger partial charge >= 0.3 is 0 Å². The lowest BCUT2D eigenvalue weighted by molar-refractivity contribution is -0.118. The van der Waals surface area contributed by atoms with E-state index in [1.54, 1.807) is 6.92 Å². The van der Waals surface area contributed by atoms with Crippen LogP contribution in [-0.2, 0) is 4.79 Å². The highest BCUT2D eigenvalue weighted by molar-refractivity contribution is 9.10. The zero-order valence-corrected chi connectivity index (χ0v) is 11.3. The summed E-state index contributed by atoms with van der Waals surface area (Å²) in [5.41, 5.74) is 10.8. The molecule has 0 aliphatic heterocycles. The molecule has 0 aliphatic rings. The summed E-state index contributed by atoms with van der Waals surface area (Å²) < 4.78 is 13.6. The van der Waals surface area contributed by atoms with Gasteiger partial charge in [0.25, 0.3) is 5.91 Å². The smallest absolute Gasteiger partial charge is 0.256 e. The number of nitrogens with two attached hydrogens (primary N) is 2. The summed E-state index contributed by atoms with van der Waals surface area (Å²) in [5.74, 6) is -1.76. The summed E-state index contributed by atoms with van der Waals surface area (Å²) in [6, 6.07) is 2.34. The first-order valence-corrected chi connectivity index (χ1v) is 5.98. The van der Waals surface area contributed by atoms with Gasteiger partial charge in [-0.2, -0.15) is 0 Å². The van der Waals surface area contributed by atoms with E-state index in [9.17, 15) is 14.0 Å². The van der Waals surface area contributed by atoms with E-state index < -0.39 is 17.6 Å². The third-order valence-electron chi connectivity index (χ3n) is 2.34. The summed E-state index contributed by atoms with van der Waals surface area (Å²) in [7, 11) is 0. The topological polar surface area (TPSA) is 89.4 Å². The second-order valence-electron chi connectivity index (χ2n) is 3.64. The van der Waals surface area contributed by atoms with E-state index >= 15 is 0 Å². The molecule has 1 rings (SSSR count). The quantitative estimate of drug-likeness (QED) is 0.815. The number of anilines is 1. The summed E-state index contributed by atoms with van der Waals surface area (Å²) in [6.45, 7) is 1.73. The fourth-order valence-electron chi connectivity index (χ4n) is 1.43. The minimum atomic E-state index is -0.638. The third-order valence-corrected chi connectivity index (χ3v) is 2.95. The molecule has 5 nitrogen and oxygen atoms in total. The predicted octanol–water partition coefficient (Wildman–Crippen LogP) is 1.12. The summed E-state index contributed by atoms with van der Waals surface area (Å²) >= 11 is 2.97. The van der Waals surface area contributed by atoms with Crippen LogP contribution in [0.3, 0.4) is 0 Å². The lowest BCUT2D eigenvalue weighted by Crippen LogP contribution is -2.38. The Labute approximate surface area is 112 Å². The Bertz CT molecular complexity index is 493. The SMILES string of the molecule is CCN(CC(N)=O)C(=O)c1cc(F)c(Br)cc1N. The van der Waals surface area contributed by atoms with Gasteiger partial charge in [-0.05, 0) is 35.0 Å². The molecule has 1 aromatic rings. The van der Waals surface area contributed by atoms with E-state index in [-0.39, 0.29) is 28.8 Å². The van der Waals surface area contributed by atoms with Gasteiger partial charge in [0.15, 0.2) is 0 Å². The van der Waals surface area contributed by atoms with Crippen LogP contribution >= 0.6 is 15.9 Å². The molecule has 0 aromatic heterocycles. The van der Waals surface area contributed by atoms with Gasteiger partial charge < -0.3 is 16.4 Å². The van der Waals surface area contributed by atoms with Gasteiger partial charge in [-0.15, -0.1) is 0 Å². The van der Waals surface area contributed by atoms with Crippen molar-refractivity contribution in [1.82, 2.24) is 4.90 Å². The van der Waals surface area contributed by atoms with Crippen LogP contribution in [0.1, 0.15) is 17.3 Å². The van der Waals surface area contributed by atoms with E-state index in [2.05, 4.69) is 15.9 Å². The minimum Gasteiger partial charge on any atom is -0.398 e. The number of nitrogens with zero attached hydrogens (tertiary/aromatic N) is 1. The summed E-state index contributed by atoms with van der Waals surface area (Å²) in [4.78, 5) is 24.1. The third kappa shape index (κ3) is 3.19. The Morgan fingerprint density at radius 3 is 2.56 bits per heavy atom. The first-order valence-electron chi connectivity index (χ1n) is 5.18. The minimum absolute atomic E-state index is 0.0128. The molecule has 0 atom stereocenters. The lowest BCUT2D eigenvalue weighted by Gasteiger charge is -2.20. The fraction of sp³-hybridized carbons (Fsp3) is 0.273. The number of amides is 2. The van der Waals surface area contributed by atoms with Crippen LogP contribution in [0.15, 0.2) is 16.6 Å². The Hall–Kier alpha value is -1.63. The number of likely N-dealkylation sites (N-methyl/N-ethyl adjacent to an activating group) is 1. The van der Waals surface area contributed by atoms with Gasteiger partial charge in [0.2, 0.25) is 5.91 Å². The number of carbonyl (C=O) groups is 2. The molecule has 98 valence electrons. The maximum absolute atomic E-state index is 13.4. The Kier molecular flexibility index (Phi) is 4.66. The van der Waals surface area contributed by atoms with Crippen molar-refractivity contribution in [2.75, 3.05) is 18.8 Å². The van der Waals surface area contributed by atoms with E-state index in [0.717, 1.165) is 6.07 Å². The standard InChI is InChI=1S/C11H13BrFN3O2/c1-2-16(5-10(15)17)11(18)6-3-8(13)7(12)4-9(6)14/h3-4H,2,5,14H2,1H3,(H2,15,17). The van der Waals surface area contributed by atoms with Gasteiger partial charge in [0.1, 0.15) is 5.82 Å². The molecule has 0 unspecified atom stereocenters.